The number of imidazole rings is 2. The third-order valence-electron chi connectivity index (χ3n) is 10.0. The summed E-state index contributed by atoms with van der Waals surface area (Å²) in [5.41, 5.74) is 17.2. The molecule has 0 aliphatic carbocycles. The minimum atomic E-state index is -0.612. The van der Waals surface area contributed by atoms with Gasteiger partial charge in [-0.3, -0.25) is 34.3 Å². The van der Waals surface area contributed by atoms with Crippen molar-refractivity contribution in [1.29, 1.82) is 0 Å². The number of rotatable bonds is 20. The summed E-state index contributed by atoms with van der Waals surface area (Å²) >= 11 is 0. The third kappa shape index (κ3) is 12.7. The number of methoxy groups -OCH3 is 1. The molecule has 3 aromatic heterocycles. The number of nitrogens with zero attached hydrogens (tertiary/aromatic N) is 8. The number of nitrogens with one attached hydrogen (secondary N) is 3. The van der Waals surface area contributed by atoms with E-state index in [2.05, 4.69) is 47.6 Å². The van der Waals surface area contributed by atoms with Gasteiger partial charge in [-0.25, -0.2) is 9.97 Å². The number of carbonyl (C=O) groups is 3. The van der Waals surface area contributed by atoms with Crippen molar-refractivity contribution < 1.29 is 28.6 Å². The zero-order chi connectivity index (χ0) is 45.5. The van der Waals surface area contributed by atoms with Gasteiger partial charge in [0.25, 0.3) is 5.91 Å². The van der Waals surface area contributed by atoms with Gasteiger partial charge in [-0.2, -0.15) is 5.10 Å². The summed E-state index contributed by atoms with van der Waals surface area (Å²) in [4.78, 5) is 51.8. The molecule has 346 valence electrons. The Hall–Kier alpha value is -6.61. The number of nitrogens with two attached hydrogens (primary N) is 2. The number of primary amides is 1. The van der Waals surface area contributed by atoms with E-state index in [9.17, 15) is 14.4 Å². The first kappa shape index (κ1) is 50.0. The monoisotopic (exact) mass is 885 g/mol. The van der Waals surface area contributed by atoms with Crippen LogP contribution in [-0.2, 0) is 35.7 Å². The van der Waals surface area contributed by atoms with E-state index in [-0.39, 0.29) is 23.6 Å². The standard InChI is InChI=1S/C37H49N11O5.C7H12N2O.H3N/c1-6-48-29(18-24(2)44-48)35(50)43-37-42-28-21-26(34(38)49)22-30(51-5)32(28)47(37)12-8-7-11-46-33-27(41-36(46)40-4)19-25(23-39-3)20-31(33)53-15-9-10-45-13-16-52-17-14-45;1-3-9-7(5-10)4-6(2)8;/h7-8,18-22,39H,6,9-17,23H2,1-5H3,(H2,38,49)(H,40,41)(H,42,43,50);4-5H,3,8H2,1-2H3;1H3/b8-7+;6-4-,9-7?;. The number of aryl methyl sites for hydroxylation is 2. The molecule has 1 aliphatic heterocycles. The summed E-state index contributed by atoms with van der Waals surface area (Å²) in [5, 5.41) is 13.8. The summed E-state index contributed by atoms with van der Waals surface area (Å²) in [5.74, 6) is 1.19. The number of carbonyl (C=O) groups excluding carboxylic acids is 3. The Morgan fingerprint density at radius 3 is 2.23 bits per heavy atom. The quantitative estimate of drug-likeness (QED) is 0.0279. The van der Waals surface area contributed by atoms with Crippen LogP contribution in [0.2, 0.25) is 0 Å². The number of ether oxygens (including phenoxy) is 3. The Morgan fingerprint density at radius 1 is 0.953 bits per heavy atom. The number of anilines is 2. The Labute approximate surface area is 373 Å². The molecule has 0 spiro atoms. The molecule has 10 N–H and O–H groups in total. The molecule has 0 unspecified atom stereocenters. The highest BCUT2D eigenvalue weighted by Crippen LogP contribution is 2.33. The Bertz CT molecular complexity index is 2460. The smallest absolute Gasteiger partial charge is 0.276 e. The lowest BCUT2D eigenvalue weighted by Crippen LogP contribution is -2.37. The molecular formula is C44H64N14O6. The van der Waals surface area contributed by atoms with Crippen LogP contribution < -0.4 is 43.0 Å². The highest BCUT2D eigenvalue weighted by molar-refractivity contribution is 6.33. The molecule has 0 saturated carbocycles. The number of benzene rings is 2. The predicted molar refractivity (Wildman–Crippen MR) is 251 cm³/mol. The van der Waals surface area contributed by atoms with Crippen molar-refractivity contribution in [3.8, 4) is 11.5 Å². The van der Waals surface area contributed by atoms with E-state index in [1.54, 1.807) is 35.9 Å². The second-order valence-electron chi connectivity index (χ2n) is 14.7. The van der Waals surface area contributed by atoms with Gasteiger partial charge in [-0.05, 0) is 83.1 Å². The van der Waals surface area contributed by atoms with E-state index < -0.39 is 5.91 Å². The SMILES string of the molecule is CCN=C(C=O)/C=C(/C)N.CCn1nc(C)cc1C(=O)Nc1nc2cc(C(N)=O)cc(OC)c2n1C/C=C/Cn1c(NC)nc2cc(CNC)cc(OCCCN3CCOCC3)c21.N. The fraction of sp³-hybridized carbons (Fsp3) is 0.432. The number of aromatic nitrogens is 6. The second-order valence-corrected chi connectivity index (χ2v) is 14.7. The summed E-state index contributed by atoms with van der Waals surface area (Å²) in [6.45, 7) is 14.9. The zero-order valence-corrected chi connectivity index (χ0v) is 38.1. The van der Waals surface area contributed by atoms with Crippen molar-refractivity contribution in [2.24, 2.45) is 16.5 Å². The molecule has 1 aliphatic rings. The molecular weight excluding hydrogens is 821 g/mol. The Kier molecular flexibility index (Phi) is 19.0. The van der Waals surface area contributed by atoms with Crippen LogP contribution in [0.5, 0.6) is 11.5 Å². The number of fused-ring (bicyclic) bond motifs is 2. The molecule has 20 heteroatoms. The van der Waals surface area contributed by atoms with E-state index >= 15 is 0 Å². The van der Waals surface area contributed by atoms with Gasteiger partial charge in [0.05, 0.1) is 49.4 Å². The first-order valence-corrected chi connectivity index (χ1v) is 21.1. The Balaban J connectivity index is 0.000000729. The third-order valence-corrected chi connectivity index (χ3v) is 10.0. The Morgan fingerprint density at radius 2 is 1.62 bits per heavy atom. The molecule has 6 rings (SSSR count). The highest BCUT2D eigenvalue weighted by atomic mass is 16.5. The van der Waals surface area contributed by atoms with E-state index in [0.717, 1.165) is 67.3 Å². The molecule has 0 atom stereocenters. The fourth-order valence-corrected chi connectivity index (χ4v) is 7.19. The number of amides is 2. The summed E-state index contributed by atoms with van der Waals surface area (Å²) < 4.78 is 23.2. The van der Waals surface area contributed by atoms with Gasteiger partial charge in [0, 0.05) is 70.7 Å². The van der Waals surface area contributed by atoms with Gasteiger partial charge >= 0.3 is 0 Å². The number of hydrogen-bond acceptors (Lipinski definition) is 15. The molecule has 2 aromatic carbocycles. The molecule has 5 aromatic rings. The van der Waals surface area contributed by atoms with Gasteiger partial charge in [-0.1, -0.05) is 12.2 Å². The van der Waals surface area contributed by atoms with Crippen LogP contribution in [0.3, 0.4) is 0 Å². The second kappa shape index (κ2) is 24.3. The van der Waals surface area contributed by atoms with Gasteiger partial charge in [0.2, 0.25) is 17.8 Å². The fourth-order valence-electron chi connectivity index (χ4n) is 7.19. The average Bonchev–Trinajstić information content (AvgIpc) is 3.95. The first-order chi connectivity index (χ1) is 30.4. The molecule has 64 heavy (non-hydrogen) atoms. The average molecular weight is 885 g/mol. The van der Waals surface area contributed by atoms with Crippen LogP contribution in [0.1, 0.15) is 59.3 Å². The van der Waals surface area contributed by atoms with Crippen molar-refractivity contribution >= 4 is 57.8 Å². The van der Waals surface area contributed by atoms with Gasteiger partial charge < -0.3 is 51.6 Å². The zero-order valence-electron chi connectivity index (χ0n) is 38.1. The number of morpholine rings is 1. The van der Waals surface area contributed by atoms with Crippen LogP contribution in [-0.4, -0.2) is 125 Å². The minimum absolute atomic E-state index is 0. The van der Waals surface area contributed by atoms with Crippen LogP contribution in [0.15, 0.2) is 59.2 Å². The molecule has 0 radical (unpaired) electrons. The molecule has 4 heterocycles. The first-order valence-electron chi connectivity index (χ1n) is 21.1. The van der Waals surface area contributed by atoms with Crippen molar-refractivity contribution in [3.63, 3.8) is 0 Å². The van der Waals surface area contributed by atoms with Crippen molar-refractivity contribution in [2.75, 3.05) is 77.8 Å². The number of aldehydes is 1. The molecule has 1 fully saturated rings. The van der Waals surface area contributed by atoms with Crippen LogP contribution >= 0.6 is 0 Å². The van der Waals surface area contributed by atoms with E-state index in [1.165, 1.54) is 7.11 Å². The van der Waals surface area contributed by atoms with Crippen molar-refractivity contribution in [2.45, 2.75) is 60.3 Å². The van der Waals surface area contributed by atoms with Gasteiger partial charge in [0.15, 0.2) is 6.29 Å². The maximum Gasteiger partial charge on any atom is 0.276 e. The van der Waals surface area contributed by atoms with Crippen molar-refractivity contribution in [3.05, 3.63) is 76.8 Å². The van der Waals surface area contributed by atoms with Crippen LogP contribution in [0, 0.1) is 6.92 Å². The van der Waals surface area contributed by atoms with Gasteiger partial charge in [-0.15, -0.1) is 0 Å². The normalized spacial score (nSPS) is 13.4. The van der Waals surface area contributed by atoms with E-state index in [1.807, 2.05) is 51.6 Å². The topological polar surface area (TPSA) is 271 Å². The highest BCUT2D eigenvalue weighted by Gasteiger charge is 2.22. The largest absolute Gasteiger partial charge is 0.494 e. The van der Waals surface area contributed by atoms with Gasteiger partial charge in [0.1, 0.15) is 28.2 Å². The summed E-state index contributed by atoms with van der Waals surface area (Å²) in [7, 11) is 5.29. The summed E-state index contributed by atoms with van der Waals surface area (Å²) in [6, 6.07) is 9.07. The van der Waals surface area contributed by atoms with E-state index in [0.29, 0.717) is 85.5 Å². The predicted octanol–water partition coefficient (Wildman–Crippen LogP) is 4.06. The summed E-state index contributed by atoms with van der Waals surface area (Å²) in [6.07, 6.45) is 7.16. The molecule has 0 bridgehead atoms. The lowest BCUT2D eigenvalue weighted by molar-refractivity contribution is -0.102. The number of hydrogen-bond donors (Lipinski definition) is 6. The van der Waals surface area contributed by atoms with E-state index in [4.69, 9.17) is 35.6 Å². The van der Waals surface area contributed by atoms with Crippen molar-refractivity contribution in [1.82, 2.24) is 45.2 Å². The minimum Gasteiger partial charge on any atom is -0.494 e. The lowest BCUT2D eigenvalue weighted by Gasteiger charge is -2.26. The molecule has 2 amide bonds. The number of allylic oxidation sites excluding steroid dienone is 4. The van der Waals surface area contributed by atoms with Crippen LogP contribution in [0.4, 0.5) is 11.9 Å². The number of aliphatic imine (C=N–C) groups is 1. The molecule has 20 nitrogen and oxygen atoms in total. The van der Waals surface area contributed by atoms with Crippen LogP contribution in [0.25, 0.3) is 22.1 Å². The molecule has 1 saturated heterocycles. The maximum atomic E-state index is 13.5. The maximum absolute atomic E-state index is 13.5. The lowest BCUT2D eigenvalue weighted by atomic mass is 10.1.